The summed E-state index contributed by atoms with van der Waals surface area (Å²) in [5, 5.41) is 12.0. The van der Waals surface area contributed by atoms with Gasteiger partial charge in [-0.15, -0.1) is 10.2 Å². The van der Waals surface area contributed by atoms with Crippen LogP contribution >= 0.6 is 23.4 Å². The van der Waals surface area contributed by atoms with Crippen molar-refractivity contribution in [1.29, 1.82) is 0 Å². The summed E-state index contributed by atoms with van der Waals surface area (Å²) < 4.78 is 29.1. The summed E-state index contributed by atoms with van der Waals surface area (Å²) in [5.41, 5.74) is 3.37. The summed E-state index contributed by atoms with van der Waals surface area (Å²) in [7, 11) is 0. The largest absolute Gasteiger partial charge is 0.323 e. The van der Waals surface area contributed by atoms with Crippen molar-refractivity contribution in [2.24, 2.45) is 0 Å². The van der Waals surface area contributed by atoms with Crippen molar-refractivity contribution in [3.05, 3.63) is 88.4 Å². The van der Waals surface area contributed by atoms with Gasteiger partial charge in [0.15, 0.2) is 11.0 Å². The quantitative estimate of drug-likeness (QED) is 0.330. The molecule has 0 unspecified atom stereocenters. The van der Waals surface area contributed by atoms with Gasteiger partial charge >= 0.3 is 0 Å². The Bertz CT molecular complexity index is 1340. The molecule has 1 aromatic heterocycles. The number of anilines is 1. The lowest BCUT2D eigenvalue weighted by molar-refractivity contribution is -0.113. The van der Waals surface area contributed by atoms with Crippen LogP contribution in [-0.2, 0) is 4.79 Å². The third kappa shape index (κ3) is 5.07. The average Bonchev–Trinajstić information content (AvgIpc) is 3.20. The van der Waals surface area contributed by atoms with Crippen molar-refractivity contribution >= 4 is 35.0 Å². The van der Waals surface area contributed by atoms with Gasteiger partial charge in [0, 0.05) is 11.6 Å². The normalized spacial score (nSPS) is 10.9. The second-order valence-electron chi connectivity index (χ2n) is 7.37. The second-order valence-corrected chi connectivity index (χ2v) is 8.72. The zero-order valence-electron chi connectivity index (χ0n) is 17.8. The van der Waals surface area contributed by atoms with Crippen LogP contribution in [0.1, 0.15) is 11.1 Å². The number of rotatable bonds is 6. The lowest BCUT2D eigenvalue weighted by Gasteiger charge is -2.14. The summed E-state index contributed by atoms with van der Waals surface area (Å²) in [6.45, 7) is 3.95. The molecular formula is C24H19ClF2N4OS. The van der Waals surface area contributed by atoms with Crippen molar-refractivity contribution in [3.63, 3.8) is 0 Å². The Morgan fingerprint density at radius 2 is 1.85 bits per heavy atom. The molecular weight excluding hydrogens is 466 g/mol. The van der Waals surface area contributed by atoms with E-state index in [0.29, 0.717) is 21.6 Å². The average molecular weight is 485 g/mol. The van der Waals surface area contributed by atoms with E-state index < -0.39 is 17.5 Å². The minimum absolute atomic E-state index is 0.0819. The maximum atomic E-state index is 13.9. The van der Waals surface area contributed by atoms with E-state index in [4.69, 9.17) is 11.6 Å². The molecule has 1 heterocycles. The molecule has 0 fully saturated rings. The van der Waals surface area contributed by atoms with Crippen LogP contribution in [0.15, 0.2) is 65.8 Å². The van der Waals surface area contributed by atoms with Gasteiger partial charge in [-0.2, -0.15) is 0 Å². The summed E-state index contributed by atoms with van der Waals surface area (Å²) in [4.78, 5) is 12.4. The van der Waals surface area contributed by atoms with E-state index in [0.717, 1.165) is 46.8 Å². The highest BCUT2D eigenvalue weighted by Gasteiger charge is 2.20. The zero-order chi connectivity index (χ0) is 23.5. The SMILES string of the molecule is Cc1ccc(C)c(-n2c(SCC(=O)Nc3cc(F)ccc3F)nnc2-c2ccccc2Cl)c1. The molecule has 0 saturated heterocycles. The fourth-order valence-corrected chi connectivity index (χ4v) is 4.23. The van der Waals surface area contributed by atoms with Crippen molar-refractivity contribution in [2.75, 3.05) is 11.1 Å². The van der Waals surface area contributed by atoms with Gasteiger partial charge in [0.05, 0.1) is 22.2 Å². The monoisotopic (exact) mass is 484 g/mol. The van der Waals surface area contributed by atoms with Crippen molar-refractivity contribution < 1.29 is 13.6 Å². The third-order valence-electron chi connectivity index (χ3n) is 4.89. The number of thioether (sulfide) groups is 1. The fourth-order valence-electron chi connectivity index (χ4n) is 3.27. The van der Waals surface area contributed by atoms with Gasteiger partial charge in [0.25, 0.3) is 0 Å². The number of halogens is 3. The van der Waals surface area contributed by atoms with Crippen LogP contribution in [0.2, 0.25) is 5.02 Å². The predicted molar refractivity (Wildman–Crippen MR) is 127 cm³/mol. The molecule has 4 rings (SSSR count). The lowest BCUT2D eigenvalue weighted by atomic mass is 10.1. The number of aryl methyl sites for hydroxylation is 2. The molecule has 4 aromatic rings. The van der Waals surface area contributed by atoms with Crippen molar-refractivity contribution in [1.82, 2.24) is 14.8 Å². The van der Waals surface area contributed by atoms with E-state index in [-0.39, 0.29) is 11.4 Å². The highest BCUT2D eigenvalue weighted by molar-refractivity contribution is 7.99. The standard InChI is InChI=1S/C24H19ClF2N4OS/c1-14-7-8-15(2)21(11-14)31-23(17-5-3-4-6-18(17)25)29-30-24(31)33-13-22(32)28-20-12-16(26)9-10-19(20)27/h3-12H,13H2,1-2H3,(H,28,32). The van der Waals surface area contributed by atoms with Crippen LogP contribution in [0, 0.1) is 25.5 Å². The fraction of sp³-hybridized carbons (Fsp3) is 0.125. The molecule has 33 heavy (non-hydrogen) atoms. The first-order chi connectivity index (χ1) is 15.8. The minimum atomic E-state index is -0.714. The van der Waals surface area contributed by atoms with Crippen LogP contribution in [0.25, 0.3) is 17.1 Å². The molecule has 3 aromatic carbocycles. The van der Waals surface area contributed by atoms with E-state index in [1.807, 2.05) is 54.8 Å². The number of nitrogens with zero attached hydrogens (tertiary/aromatic N) is 3. The van der Waals surface area contributed by atoms with Gasteiger partial charge in [-0.3, -0.25) is 9.36 Å². The molecule has 0 aliphatic carbocycles. The van der Waals surface area contributed by atoms with Crippen molar-refractivity contribution in [2.45, 2.75) is 19.0 Å². The van der Waals surface area contributed by atoms with Gasteiger partial charge in [0.2, 0.25) is 5.91 Å². The van der Waals surface area contributed by atoms with E-state index in [1.165, 1.54) is 0 Å². The highest BCUT2D eigenvalue weighted by Crippen LogP contribution is 2.33. The highest BCUT2D eigenvalue weighted by atomic mass is 35.5. The van der Waals surface area contributed by atoms with Crippen LogP contribution in [0.4, 0.5) is 14.5 Å². The number of carbonyl (C=O) groups excluding carboxylic acids is 1. The molecule has 0 aliphatic rings. The lowest BCUT2D eigenvalue weighted by Crippen LogP contribution is -2.16. The number of hydrogen-bond acceptors (Lipinski definition) is 4. The first-order valence-corrected chi connectivity index (χ1v) is 11.4. The third-order valence-corrected chi connectivity index (χ3v) is 6.15. The van der Waals surface area contributed by atoms with E-state index in [1.54, 1.807) is 6.07 Å². The van der Waals surface area contributed by atoms with E-state index in [9.17, 15) is 13.6 Å². The summed E-state index contributed by atoms with van der Waals surface area (Å²) in [6.07, 6.45) is 0. The first-order valence-electron chi connectivity index (χ1n) is 9.99. The Labute approximate surface area is 198 Å². The molecule has 5 nitrogen and oxygen atoms in total. The minimum Gasteiger partial charge on any atom is -0.323 e. The van der Waals surface area contributed by atoms with E-state index in [2.05, 4.69) is 15.5 Å². The summed E-state index contributed by atoms with van der Waals surface area (Å²) >= 11 is 7.56. The number of hydrogen-bond donors (Lipinski definition) is 1. The van der Waals surface area contributed by atoms with Crippen LogP contribution in [-0.4, -0.2) is 26.4 Å². The molecule has 0 aliphatic heterocycles. The number of carbonyl (C=O) groups is 1. The van der Waals surface area contributed by atoms with Crippen molar-refractivity contribution in [3.8, 4) is 17.1 Å². The maximum absolute atomic E-state index is 13.9. The molecule has 0 spiro atoms. The van der Waals surface area contributed by atoms with Gasteiger partial charge in [-0.1, -0.05) is 47.6 Å². The van der Waals surface area contributed by atoms with Gasteiger partial charge < -0.3 is 5.32 Å². The number of amides is 1. The Morgan fingerprint density at radius 1 is 1.06 bits per heavy atom. The first kappa shape index (κ1) is 22.9. The molecule has 0 bridgehead atoms. The Morgan fingerprint density at radius 3 is 2.64 bits per heavy atom. The number of benzene rings is 3. The number of nitrogens with one attached hydrogen (secondary N) is 1. The van der Waals surface area contributed by atoms with Crippen LogP contribution in [0.5, 0.6) is 0 Å². The Hall–Kier alpha value is -3.23. The maximum Gasteiger partial charge on any atom is 0.234 e. The molecule has 9 heteroatoms. The van der Waals surface area contributed by atoms with Gasteiger partial charge in [0.1, 0.15) is 11.6 Å². The topological polar surface area (TPSA) is 59.8 Å². The summed E-state index contributed by atoms with van der Waals surface area (Å²) in [6, 6.07) is 16.2. The molecule has 1 amide bonds. The Kier molecular flexibility index (Phi) is 6.76. The van der Waals surface area contributed by atoms with Gasteiger partial charge in [-0.05, 0) is 55.3 Å². The predicted octanol–water partition coefficient (Wildman–Crippen LogP) is 6.21. The smallest absolute Gasteiger partial charge is 0.234 e. The Balaban J connectivity index is 1.67. The number of aromatic nitrogens is 3. The van der Waals surface area contributed by atoms with Crippen LogP contribution < -0.4 is 5.32 Å². The second kappa shape index (κ2) is 9.72. The molecule has 0 saturated carbocycles. The zero-order valence-corrected chi connectivity index (χ0v) is 19.3. The van der Waals surface area contributed by atoms with Crippen LogP contribution in [0.3, 0.4) is 0 Å². The molecule has 1 N–H and O–H groups in total. The molecule has 0 radical (unpaired) electrons. The molecule has 0 atom stereocenters. The van der Waals surface area contributed by atoms with E-state index >= 15 is 0 Å². The summed E-state index contributed by atoms with van der Waals surface area (Å²) in [5.74, 6) is -1.40. The van der Waals surface area contributed by atoms with Gasteiger partial charge in [-0.25, -0.2) is 8.78 Å². The molecule has 168 valence electrons.